The molecule has 6 nitrogen and oxygen atoms in total. The maximum Gasteiger partial charge on any atom is 0.221 e. The predicted molar refractivity (Wildman–Crippen MR) is 75.6 cm³/mol. The van der Waals surface area contributed by atoms with Crippen LogP contribution in [0, 0.1) is 6.92 Å². The Labute approximate surface area is 119 Å². The van der Waals surface area contributed by atoms with E-state index in [-0.39, 0.29) is 6.10 Å². The van der Waals surface area contributed by atoms with E-state index in [9.17, 15) is 0 Å². The van der Waals surface area contributed by atoms with Crippen molar-refractivity contribution in [1.29, 1.82) is 0 Å². The lowest BCUT2D eigenvalue weighted by Gasteiger charge is -2.23. The number of nitrogen functional groups attached to an aromatic ring is 1. The molecule has 1 aromatic heterocycles. The monoisotopic (exact) mass is 278 g/mol. The average Bonchev–Trinajstić information content (AvgIpc) is 3.32. The number of anilines is 1. The lowest BCUT2D eigenvalue weighted by atomic mass is 10.1. The van der Waals surface area contributed by atoms with Crippen LogP contribution in [-0.4, -0.2) is 29.3 Å². The van der Waals surface area contributed by atoms with E-state index in [0.717, 1.165) is 43.7 Å². The van der Waals surface area contributed by atoms with E-state index in [1.54, 1.807) is 0 Å². The number of ether oxygens (including phenoxy) is 2. The van der Waals surface area contributed by atoms with E-state index >= 15 is 0 Å². The summed E-state index contributed by atoms with van der Waals surface area (Å²) >= 11 is 0. The number of nitrogens with one attached hydrogen (secondary N) is 1. The average molecular weight is 278 g/mol. The van der Waals surface area contributed by atoms with Gasteiger partial charge in [-0.1, -0.05) is 0 Å². The van der Waals surface area contributed by atoms with Crippen LogP contribution >= 0.6 is 0 Å². The van der Waals surface area contributed by atoms with Crippen LogP contribution in [0.4, 0.5) is 5.82 Å². The van der Waals surface area contributed by atoms with Crippen molar-refractivity contribution in [2.75, 3.05) is 18.6 Å². The Balaban J connectivity index is 1.71. The molecule has 1 aromatic rings. The molecule has 0 aromatic carbocycles. The number of aromatic nitrogens is 2. The minimum Gasteiger partial charge on any atom is -0.475 e. The number of rotatable bonds is 5. The van der Waals surface area contributed by atoms with Gasteiger partial charge in [0.2, 0.25) is 5.88 Å². The van der Waals surface area contributed by atoms with Gasteiger partial charge >= 0.3 is 0 Å². The Morgan fingerprint density at radius 1 is 1.30 bits per heavy atom. The largest absolute Gasteiger partial charge is 0.475 e. The maximum absolute atomic E-state index is 5.87. The van der Waals surface area contributed by atoms with Gasteiger partial charge in [0.25, 0.3) is 0 Å². The van der Waals surface area contributed by atoms with Crippen molar-refractivity contribution in [2.24, 2.45) is 5.84 Å². The molecule has 1 aliphatic heterocycles. The highest BCUT2D eigenvalue weighted by molar-refractivity contribution is 5.48. The van der Waals surface area contributed by atoms with Crippen molar-refractivity contribution in [2.45, 2.75) is 51.0 Å². The molecular formula is C14H22N4O2. The molecule has 1 unspecified atom stereocenters. The van der Waals surface area contributed by atoms with Gasteiger partial charge in [-0.05, 0) is 39.0 Å². The van der Waals surface area contributed by atoms with E-state index in [1.165, 1.54) is 6.42 Å². The fourth-order valence-electron chi connectivity index (χ4n) is 2.43. The SMILES string of the molecule is Cc1c(NN)nc(C2CC2)nc1OCC1CCCCO1. The maximum atomic E-state index is 5.87. The van der Waals surface area contributed by atoms with Crippen LogP contribution in [0.5, 0.6) is 5.88 Å². The molecule has 0 radical (unpaired) electrons. The Morgan fingerprint density at radius 2 is 2.15 bits per heavy atom. The van der Waals surface area contributed by atoms with Gasteiger partial charge in [-0.3, -0.25) is 0 Å². The third kappa shape index (κ3) is 3.02. The van der Waals surface area contributed by atoms with E-state index in [4.69, 9.17) is 15.3 Å². The lowest BCUT2D eigenvalue weighted by molar-refractivity contribution is -0.0121. The molecule has 20 heavy (non-hydrogen) atoms. The first-order chi connectivity index (χ1) is 9.78. The Kier molecular flexibility index (Phi) is 4.03. The first-order valence-electron chi connectivity index (χ1n) is 7.37. The van der Waals surface area contributed by atoms with Crippen LogP contribution in [-0.2, 0) is 4.74 Å². The van der Waals surface area contributed by atoms with Crippen LogP contribution < -0.4 is 16.0 Å². The minimum absolute atomic E-state index is 0.178. The van der Waals surface area contributed by atoms with Crippen molar-refractivity contribution in [3.63, 3.8) is 0 Å². The summed E-state index contributed by atoms with van der Waals surface area (Å²) in [6.45, 7) is 3.30. The molecule has 2 fully saturated rings. The minimum atomic E-state index is 0.178. The summed E-state index contributed by atoms with van der Waals surface area (Å²) < 4.78 is 11.5. The topological polar surface area (TPSA) is 82.3 Å². The highest BCUT2D eigenvalue weighted by Crippen LogP contribution is 2.39. The quantitative estimate of drug-likeness (QED) is 0.632. The smallest absolute Gasteiger partial charge is 0.221 e. The third-order valence-corrected chi connectivity index (χ3v) is 3.88. The van der Waals surface area contributed by atoms with Crippen molar-refractivity contribution in [3.8, 4) is 5.88 Å². The summed E-state index contributed by atoms with van der Waals surface area (Å²) in [6, 6.07) is 0. The summed E-state index contributed by atoms with van der Waals surface area (Å²) in [7, 11) is 0. The normalized spacial score (nSPS) is 22.6. The number of nitrogens with zero attached hydrogens (tertiary/aromatic N) is 2. The third-order valence-electron chi connectivity index (χ3n) is 3.88. The summed E-state index contributed by atoms with van der Waals surface area (Å²) in [6.07, 6.45) is 5.89. The molecule has 0 amide bonds. The molecule has 6 heteroatoms. The van der Waals surface area contributed by atoms with E-state index in [2.05, 4.69) is 15.4 Å². The molecule has 2 heterocycles. The van der Waals surface area contributed by atoms with E-state index < -0.39 is 0 Å². The second-order valence-corrected chi connectivity index (χ2v) is 5.58. The van der Waals surface area contributed by atoms with Gasteiger partial charge in [0, 0.05) is 12.5 Å². The van der Waals surface area contributed by atoms with Crippen molar-refractivity contribution >= 4 is 5.82 Å². The molecule has 0 bridgehead atoms. The molecule has 0 spiro atoms. The van der Waals surface area contributed by atoms with Gasteiger partial charge < -0.3 is 14.9 Å². The fraction of sp³-hybridized carbons (Fsp3) is 0.714. The van der Waals surface area contributed by atoms with Gasteiger partial charge in [-0.15, -0.1) is 0 Å². The number of nitrogens with two attached hydrogens (primary N) is 1. The van der Waals surface area contributed by atoms with E-state index in [0.29, 0.717) is 24.2 Å². The molecule has 1 saturated carbocycles. The predicted octanol–water partition coefficient (Wildman–Crippen LogP) is 1.90. The lowest BCUT2D eigenvalue weighted by Crippen LogP contribution is -2.26. The zero-order valence-electron chi connectivity index (χ0n) is 11.9. The zero-order chi connectivity index (χ0) is 13.9. The Bertz CT molecular complexity index is 470. The first-order valence-corrected chi connectivity index (χ1v) is 7.37. The summed E-state index contributed by atoms with van der Waals surface area (Å²) in [5, 5.41) is 0. The van der Waals surface area contributed by atoms with Crippen molar-refractivity contribution < 1.29 is 9.47 Å². The fourth-order valence-corrected chi connectivity index (χ4v) is 2.43. The molecule has 110 valence electrons. The second kappa shape index (κ2) is 5.93. The standard InChI is InChI=1S/C14H22N4O2/c1-9-12(18-15)16-13(10-5-6-10)17-14(9)20-8-11-4-2-3-7-19-11/h10-11H,2-8,15H2,1H3,(H,16,17,18). The van der Waals surface area contributed by atoms with Gasteiger partial charge in [-0.2, -0.15) is 4.98 Å². The number of hydrogen-bond acceptors (Lipinski definition) is 6. The van der Waals surface area contributed by atoms with Gasteiger partial charge in [-0.25, -0.2) is 10.8 Å². The highest BCUT2D eigenvalue weighted by atomic mass is 16.5. The molecule has 3 rings (SSSR count). The summed E-state index contributed by atoms with van der Waals surface area (Å²) in [5.41, 5.74) is 3.49. The van der Waals surface area contributed by atoms with Crippen LogP contribution in [0.3, 0.4) is 0 Å². The molecule has 1 aliphatic carbocycles. The number of hydrogen-bond donors (Lipinski definition) is 2. The van der Waals surface area contributed by atoms with Crippen LogP contribution in [0.1, 0.15) is 49.4 Å². The van der Waals surface area contributed by atoms with Crippen molar-refractivity contribution in [1.82, 2.24) is 9.97 Å². The van der Waals surface area contributed by atoms with Crippen LogP contribution in [0.15, 0.2) is 0 Å². The van der Waals surface area contributed by atoms with Gasteiger partial charge in [0.05, 0.1) is 11.7 Å². The molecular weight excluding hydrogens is 256 g/mol. The first kappa shape index (κ1) is 13.6. The summed E-state index contributed by atoms with van der Waals surface area (Å²) in [5.74, 6) is 8.11. The molecule has 1 saturated heterocycles. The Morgan fingerprint density at radius 3 is 2.80 bits per heavy atom. The van der Waals surface area contributed by atoms with Crippen LogP contribution in [0.2, 0.25) is 0 Å². The van der Waals surface area contributed by atoms with E-state index in [1.807, 2.05) is 6.92 Å². The van der Waals surface area contributed by atoms with Crippen molar-refractivity contribution in [3.05, 3.63) is 11.4 Å². The highest BCUT2D eigenvalue weighted by Gasteiger charge is 2.28. The molecule has 2 aliphatic rings. The van der Waals surface area contributed by atoms with Gasteiger partial charge in [0.1, 0.15) is 18.2 Å². The zero-order valence-corrected chi connectivity index (χ0v) is 11.9. The number of hydrazine groups is 1. The molecule has 1 atom stereocenters. The van der Waals surface area contributed by atoms with Crippen LogP contribution in [0.25, 0.3) is 0 Å². The summed E-state index contributed by atoms with van der Waals surface area (Å²) in [4.78, 5) is 8.99. The van der Waals surface area contributed by atoms with Gasteiger partial charge in [0.15, 0.2) is 0 Å². The molecule has 3 N–H and O–H groups in total. The second-order valence-electron chi connectivity index (χ2n) is 5.58. The Hall–Kier alpha value is -1.40.